The lowest BCUT2D eigenvalue weighted by molar-refractivity contribution is 0.243. The summed E-state index contributed by atoms with van der Waals surface area (Å²) < 4.78 is 28.2. The summed E-state index contributed by atoms with van der Waals surface area (Å²) >= 11 is 5.44. The molecule has 2 aromatic heterocycles. The van der Waals surface area contributed by atoms with Gasteiger partial charge in [0.1, 0.15) is 0 Å². The number of nitrogens with zero attached hydrogens (tertiary/aromatic N) is 4. The second kappa shape index (κ2) is 7.20. The van der Waals surface area contributed by atoms with Crippen LogP contribution in [-0.4, -0.2) is 33.4 Å². The van der Waals surface area contributed by atoms with Crippen LogP contribution in [0.1, 0.15) is 5.56 Å². The van der Waals surface area contributed by atoms with Crippen LogP contribution in [-0.2, 0) is 20.3 Å². The summed E-state index contributed by atoms with van der Waals surface area (Å²) in [6.07, 6.45) is 1.60. The molecule has 0 unspecified atom stereocenters. The molecule has 3 aromatic rings. The van der Waals surface area contributed by atoms with Gasteiger partial charge in [-0.25, -0.2) is 9.07 Å². The number of halogens is 1. The Morgan fingerprint density at radius 2 is 2.16 bits per heavy atom. The van der Waals surface area contributed by atoms with E-state index in [1.54, 1.807) is 21.6 Å². The molecule has 0 N–H and O–H groups in total. The van der Waals surface area contributed by atoms with Crippen molar-refractivity contribution < 1.29 is 13.5 Å². The lowest BCUT2D eigenvalue weighted by atomic mass is 10.2. The van der Waals surface area contributed by atoms with E-state index in [0.29, 0.717) is 29.6 Å². The van der Waals surface area contributed by atoms with Gasteiger partial charge in [-0.15, -0.1) is 5.10 Å². The number of methoxy groups -OCH3 is 1. The van der Waals surface area contributed by atoms with E-state index in [9.17, 15) is 4.39 Å². The third-order valence-corrected chi connectivity index (χ3v) is 4.31. The topological polar surface area (TPSA) is 48.4 Å². The van der Waals surface area contributed by atoms with Gasteiger partial charge in [-0.05, 0) is 49.1 Å². The number of rotatable bonds is 6. The van der Waals surface area contributed by atoms with Crippen molar-refractivity contribution in [1.29, 1.82) is 0 Å². The van der Waals surface area contributed by atoms with E-state index < -0.39 is 0 Å². The van der Waals surface area contributed by atoms with Crippen molar-refractivity contribution in [2.75, 3.05) is 14.2 Å². The first-order valence-corrected chi connectivity index (χ1v) is 8.09. The van der Waals surface area contributed by atoms with Crippen LogP contribution in [0.5, 0.6) is 5.75 Å². The van der Waals surface area contributed by atoms with Crippen molar-refractivity contribution in [2.45, 2.75) is 13.2 Å². The Balaban J connectivity index is 1.75. The van der Waals surface area contributed by atoms with Gasteiger partial charge < -0.3 is 13.7 Å². The van der Waals surface area contributed by atoms with Crippen molar-refractivity contribution >= 4 is 12.2 Å². The fourth-order valence-corrected chi connectivity index (χ4v) is 2.78. The van der Waals surface area contributed by atoms with Crippen molar-refractivity contribution in [3.8, 4) is 17.3 Å². The van der Waals surface area contributed by atoms with Crippen molar-refractivity contribution in [3.05, 3.63) is 52.7 Å². The molecular formula is C17H19FN4O2S. The summed E-state index contributed by atoms with van der Waals surface area (Å²) in [6, 6.07) is 8.58. The largest absolute Gasteiger partial charge is 0.494 e. The molecule has 0 aliphatic rings. The molecule has 1 aromatic carbocycles. The second-order valence-electron chi connectivity index (χ2n) is 5.77. The number of aromatic nitrogens is 3. The molecule has 8 heteroatoms. The molecule has 0 aliphatic carbocycles. The maximum Gasteiger partial charge on any atom is 0.199 e. The van der Waals surface area contributed by atoms with Gasteiger partial charge in [0.05, 0.1) is 20.0 Å². The lowest BCUT2D eigenvalue weighted by Crippen LogP contribution is -2.22. The highest BCUT2D eigenvalue weighted by atomic mass is 32.1. The molecule has 2 heterocycles. The molecule has 0 saturated carbocycles. The molecule has 0 fully saturated rings. The predicted molar refractivity (Wildman–Crippen MR) is 94.2 cm³/mol. The summed E-state index contributed by atoms with van der Waals surface area (Å²) in [7, 11) is 5.22. The Morgan fingerprint density at radius 3 is 2.80 bits per heavy atom. The molecule has 6 nitrogen and oxygen atoms in total. The molecule has 0 atom stereocenters. The number of hydrogen-bond donors (Lipinski definition) is 0. The molecule has 25 heavy (non-hydrogen) atoms. The van der Waals surface area contributed by atoms with Crippen LogP contribution in [0.3, 0.4) is 0 Å². The van der Waals surface area contributed by atoms with Crippen LogP contribution in [0, 0.1) is 10.6 Å². The van der Waals surface area contributed by atoms with Gasteiger partial charge in [0, 0.05) is 13.6 Å². The van der Waals surface area contributed by atoms with Gasteiger partial charge in [-0.3, -0.25) is 4.90 Å². The Labute approximate surface area is 150 Å². The van der Waals surface area contributed by atoms with Crippen molar-refractivity contribution in [2.24, 2.45) is 7.05 Å². The fourth-order valence-electron chi connectivity index (χ4n) is 2.60. The first kappa shape index (κ1) is 17.4. The highest BCUT2D eigenvalue weighted by molar-refractivity contribution is 7.71. The summed E-state index contributed by atoms with van der Waals surface area (Å²) in [4.78, 5) is 2.00. The molecule has 132 valence electrons. The molecule has 0 bridgehead atoms. The van der Waals surface area contributed by atoms with Crippen LogP contribution >= 0.6 is 12.2 Å². The van der Waals surface area contributed by atoms with Crippen LogP contribution in [0.2, 0.25) is 0 Å². The van der Waals surface area contributed by atoms with Gasteiger partial charge >= 0.3 is 0 Å². The van der Waals surface area contributed by atoms with Crippen LogP contribution in [0.15, 0.2) is 41.0 Å². The maximum absolute atomic E-state index is 13.8. The molecule has 0 radical (unpaired) electrons. The minimum Gasteiger partial charge on any atom is -0.494 e. The number of furan rings is 1. The number of ether oxygens (including phenoxy) is 1. The van der Waals surface area contributed by atoms with Crippen molar-refractivity contribution in [3.63, 3.8) is 0 Å². The third-order valence-electron chi connectivity index (χ3n) is 3.83. The SMILES string of the molecule is COc1ccc(CN(C)Cn2nc(-c3ccco3)n(C)c2=S)cc1F. The van der Waals surface area contributed by atoms with E-state index in [2.05, 4.69) is 5.10 Å². The smallest absolute Gasteiger partial charge is 0.199 e. The number of benzene rings is 1. The average Bonchev–Trinajstić information content (AvgIpc) is 3.19. The van der Waals surface area contributed by atoms with E-state index in [4.69, 9.17) is 21.4 Å². The first-order valence-electron chi connectivity index (χ1n) is 7.68. The van der Waals surface area contributed by atoms with Gasteiger partial charge in [0.2, 0.25) is 0 Å². The quantitative estimate of drug-likeness (QED) is 0.629. The Bertz CT molecular complexity index is 917. The highest BCUT2D eigenvalue weighted by Gasteiger charge is 2.13. The Kier molecular flexibility index (Phi) is 5.00. The minimum atomic E-state index is -0.372. The summed E-state index contributed by atoms with van der Waals surface area (Å²) in [5, 5.41) is 4.52. The van der Waals surface area contributed by atoms with Gasteiger partial charge in [-0.1, -0.05) is 6.07 Å². The monoisotopic (exact) mass is 362 g/mol. The molecule has 3 rings (SSSR count). The fraction of sp³-hybridized carbons (Fsp3) is 0.294. The van der Waals surface area contributed by atoms with E-state index in [0.717, 1.165) is 5.56 Å². The van der Waals surface area contributed by atoms with Gasteiger partial charge in [0.25, 0.3) is 0 Å². The zero-order valence-electron chi connectivity index (χ0n) is 14.3. The Morgan fingerprint density at radius 1 is 1.36 bits per heavy atom. The van der Waals surface area contributed by atoms with E-state index in [-0.39, 0.29) is 11.6 Å². The first-order chi connectivity index (χ1) is 12.0. The summed E-state index contributed by atoms with van der Waals surface area (Å²) in [6.45, 7) is 1.02. The molecule has 0 aliphatic heterocycles. The van der Waals surface area contributed by atoms with Gasteiger partial charge in [-0.2, -0.15) is 0 Å². The summed E-state index contributed by atoms with van der Waals surface area (Å²) in [5.74, 6) is 1.19. The second-order valence-corrected chi connectivity index (χ2v) is 6.13. The van der Waals surface area contributed by atoms with Crippen LogP contribution < -0.4 is 4.74 Å². The lowest BCUT2D eigenvalue weighted by Gasteiger charge is -2.16. The van der Waals surface area contributed by atoms with Crippen LogP contribution in [0.25, 0.3) is 11.6 Å². The predicted octanol–water partition coefficient (Wildman–Crippen LogP) is 3.45. The average molecular weight is 362 g/mol. The Hall–Kier alpha value is -2.45. The normalized spacial score (nSPS) is 11.2. The summed E-state index contributed by atoms with van der Waals surface area (Å²) in [5.41, 5.74) is 0.842. The minimum absolute atomic E-state index is 0.237. The maximum atomic E-state index is 13.8. The highest BCUT2D eigenvalue weighted by Crippen LogP contribution is 2.20. The van der Waals surface area contributed by atoms with Crippen molar-refractivity contribution in [1.82, 2.24) is 19.2 Å². The molecule has 0 amide bonds. The van der Waals surface area contributed by atoms with E-state index in [1.165, 1.54) is 13.2 Å². The van der Waals surface area contributed by atoms with E-state index in [1.807, 2.05) is 37.2 Å². The zero-order chi connectivity index (χ0) is 18.0. The van der Waals surface area contributed by atoms with E-state index >= 15 is 0 Å². The molecule has 0 saturated heterocycles. The number of hydrogen-bond acceptors (Lipinski definition) is 5. The van der Waals surface area contributed by atoms with Crippen LogP contribution in [0.4, 0.5) is 4.39 Å². The standard InChI is InChI=1S/C17H19FN4O2S/c1-20(10-12-6-7-14(23-3)13(18)9-12)11-22-17(25)21(2)16(19-22)15-5-4-8-24-15/h4-9H,10-11H2,1-3H3. The van der Waals surface area contributed by atoms with Gasteiger partial charge in [0.15, 0.2) is 27.9 Å². The third kappa shape index (κ3) is 3.64. The zero-order valence-corrected chi connectivity index (χ0v) is 15.1. The molecule has 0 spiro atoms. The molecular weight excluding hydrogens is 343 g/mol.